The van der Waals surface area contributed by atoms with E-state index in [9.17, 15) is 9.18 Å². The molecule has 2 aromatic rings. The quantitative estimate of drug-likeness (QED) is 0.870. The molecule has 4 rings (SSSR count). The van der Waals surface area contributed by atoms with Crippen molar-refractivity contribution in [2.24, 2.45) is 5.92 Å². The van der Waals surface area contributed by atoms with Gasteiger partial charge in [0.1, 0.15) is 5.82 Å². The zero-order valence-corrected chi connectivity index (χ0v) is 12.9. The Morgan fingerprint density at radius 1 is 1.30 bits per heavy atom. The largest absolute Gasteiger partial charge is 0.338 e. The van der Waals surface area contributed by atoms with Crippen LogP contribution in [0.3, 0.4) is 0 Å². The van der Waals surface area contributed by atoms with Crippen LogP contribution in [0, 0.1) is 11.7 Å². The molecule has 1 amide bonds. The topological polar surface area (TPSA) is 38.1 Å². The van der Waals surface area contributed by atoms with E-state index in [1.165, 1.54) is 6.07 Å². The lowest BCUT2D eigenvalue weighted by Crippen LogP contribution is -2.39. The van der Waals surface area contributed by atoms with Gasteiger partial charge in [-0.2, -0.15) is 5.10 Å². The van der Waals surface area contributed by atoms with Gasteiger partial charge in [-0.3, -0.25) is 9.48 Å². The van der Waals surface area contributed by atoms with E-state index in [2.05, 4.69) is 5.10 Å². The van der Waals surface area contributed by atoms with Crippen molar-refractivity contribution in [1.29, 1.82) is 0 Å². The summed E-state index contributed by atoms with van der Waals surface area (Å²) in [6.07, 6.45) is 6.51. The minimum Gasteiger partial charge on any atom is -0.338 e. The third kappa shape index (κ3) is 2.76. The minimum absolute atomic E-state index is 0.0506. The first-order valence-electron chi connectivity index (χ1n) is 8.26. The number of likely N-dealkylation sites (tertiary alicyclic amines) is 1. The van der Waals surface area contributed by atoms with Crippen LogP contribution in [0.15, 0.2) is 42.7 Å². The summed E-state index contributed by atoms with van der Waals surface area (Å²) >= 11 is 0. The van der Waals surface area contributed by atoms with Crippen LogP contribution in [0.1, 0.15) is 30.7 Å². The summed E-state index contributed by atoms with van der Waals surface area (Å²) in [7, 11) is 0. The lowest BCUT2D eigenvalue weighted by Gasteiger charge is -2.25. The van der Waals surface area contributed by atoms with Crippen molar-refractivity contribution in [2.45, 2.75) is 37.8 Å². The third-order valence-corrected chi connectivity index (χ3v) is 5.03. The summed E-state index contributed by atoms with van der Waals surface area (Å²) in [6, 6.07) is 8.93. The van der Waals surface area contributed by atoms with Crippen molar-refractivity contribution in [3.8, 4) is 0 Å². The lowest BCUT2D eigenvalue weighted by molar-refractivity contribution is -0.133. The minimum atomic E-state index is -0.192. The highest BCUT2D eigenvalue weighted by molar-refractivity contribution is 5.83. The number of nitrogens with zero attached hydrogens (tertiary/aromatic N) is 3. The maximum atomic E-state index is 13.9. The molecule has 1 aromatic heterocycles. The molecule has 5 heteroatoms. The predicted octanol–water partition coefficient (Wildman–Crippen LogP) is 2.82. The molecule has 1 saturated carbocycles. The second-order valence-electron chi connectivity index (χ2n) is 6.53. The summed E-state index contributed by atoms with van der Waals surface area (Å²) in [5, 5.41) is 4.24. The van der Waals surface area contributed by atoms with Gasteiger partial charge in [-0.25, -0.2) is 4.39 Å². The van der Waals surface area contributed by atoms with E-state index in [0.29, 0.717) is 5.56 Å². The number of hydrogen-bond donors (Lipinski definition) is 0. The Labute approximate surface area is 134 Å². The maximum Gasteiger partial charge on any atom is 0.226 e. The number of halogens is 1. The van der Waals surface area contributed by atoms with Gasteiger partial charge in [0.2, 0.25) is 5.91 Å². The molecule has 3 atom stereocenters. The first-order chi connectivity index (χ1) is 11.2. The average Bonchev–Trinajstić information content (AvgIpc) is 2.95. The molecular weight excluding hydrogens is 293 g/mol. The van der Waals surface area contributed by atoms with Crippen molar-refractivity contribution < 1.29 is 9.18 Å². The molecule has 4 nitrogen and oxygen atoms in total. The fourth-order valence-electron chi connectivity index (χ4n) is 3.74. The van der Waals surface area contributed by atoms with Crippen LogP contribution < -0.4 is 0 Å². The lowest BCUT2D eigenvalue weighted by atomic mass is 10.1. The van der Waals surface area contributed by atoms with Crippen LogP contribution in [0.5, 0.6) is 0 Å². The summed E-state index contributed by atoms with van der Waals surface area (Å²) in [5.74, 6) is -0.00463. The van der Waals surface area contributed by atoms with Gasteiger partial charge < -0.3 is 4.90 Å². The van der Waals surface area contributed by atoms with Crippen LogP contribution in [-0.4, -0.2) is 33.2 Å². The fraction of sp³-hybridized carbons (Fsp3) is 0.444. The zero-order valence-electron chi connectivity index (χ0n) is 12.9. The number of amides is 1. The molecule has 2 heterocycles. The van der Waals surface area contributed by atoms with Crippen molar-refractivity contribution in [1.82, 2.24) is 14.7 Å². The van der Waals surface area contributed by atoms with Crippen molar-refractivity contribution in [3.63, 3.8) is 0 Å². The number of rotatable bonds is 4. The van der Waals surface area contributed by atoms with E-state index >= 15 is 0 Å². The molecule has 0 N–H and O–H groups in total. The standard InChI is InChI=1S/C18H20FN3O/c19-17-7-2-1-6-14(17)15-11-16(15)18(23)22-10-3-5-13(22)12-21-9-4-8-20-21/h1-2,4,6-9,13,15-16H,3,5,10-12H2/t13-,15+,16-/m1/s1. The second kappa shape index (κ2) is 5.80. The highest BCUT2D eigenvalue weighted by Gasteiger charge is 2.48. The second-order valence-corrected chi connectivity index (χ2v) is 6.53. The van der Waals surface area contributed by atoms with Crippen LogP contribution in [0.25, 0.3) is 0 Å². The Hall–Kier alpha value is -2.17. The summed E-state index contributed by atoms with van der Waals surface area (Å²) < 4.78 is 15.8. The summed E-state index contributed by atoms with van der Waals surface area (Å²) in [4.78, 5) is 14.8. The highest BCUT2D eigenvalue weighted by atomic mass is 19.1. The molecule has 1 saturated heterocycles. The number of carbonyl (C=O) groups is 1. The van der Waals surface area contributed by atoms with E-state index in [1.807, 2.05) is 27.9 Å². The van der Waals surface area contributed by atoms with Gasteiger partial charge in [0, 0.05) is 24.9 Å². The van der Waals surface area contributed by atoms with Gasteiger partial charge in [-0.1, -0.05) is 18.2 Å². The van der Waals surface area contributed by atoms with Crippen molar-refractivity contribution >= 4 is 5.91 Å². The summed E-state index contributed by atoms with van der Waals surface area (Å²) in [5.41, 5.74) is 0.689. The monoisotopic (exact) mass is 313 g/mol. The molecule has 120 valence electrons. The molecule has 23 heavy (non-hydrogen) atoms. The number of carbonyl (C=O) groups excluding carboxylic acids is 1. The first-order valence-corrected chi connectivity index (χ1v) is 8.26. The fourth-order valence-corrected chi connectivity index (χ4v) is 3.74. The van der Waals surface area contributed by atoms with Crippen LogP contribution in [-0.2, 0) is 11.3 Å². The Balaban J connectivity index is 1.44. The van der Waals surface area contributed by atoms with Crippen molar-refractivity contribution in [2.75, 3.05) is 6.54 Å². The van der Waals surface area contributed by atoms with Gasteiger partial charge in [-0.05, 0) is 42.9 Å². The maximum absolute atomic E-state index is 13.9. The van der Waals surface area contributed by atoms with Gasteiger partial charge in [-0.15, -0.1) is 0 Å². The van der Waals surface area contributed by atoms with Gasteiger partial charge >= 0.3 is 0 Å². The van der Waals surface area contributed by atoms with Crippen molar-refractivity contribution in [3.05, 3.63) is 54.1 Å². The van der Waals surface area contributed by atoms with Gasteiger partial charge in [0.15, 0.2) is 0 Å². The Morgan fingerprint density at radius 3 is 2.96 bits per heavy atom. The van der Waals surface area contributed by atoms with E-state index < -0.39 is 0 Å². The number of aromatic nitrogens is 2. The molecule has 0 spiro atoms. The van der Waals surface area contributed by atoms with E-state index in [1.54, 1.807) is 18.3 Å². The Kier molecular flexibility index (Phi) is 3.63. The molecule has 0 radical (unpaired) electrons. The Bertz CT molecular complexity index is 700. The van der Waals surface area contributed by atoms with Gasteiger partial charge in [0.05, 0.1) is 12.6 Å². The third-order valence-electron chi connectivity index (χ3n) is 5.03. The number of hydrogen-bond acceptors (Lipinski definition) is 2. The first kappa shape index (κ1) is 14.4. The molecule has 0 bridgehead atoms. The van der Waals surface area contributed by atoms with Crippen LogP contribution >= 0.6 is 0 Å². The normalized spacial score (nSPS) is 26.5. The van der Waals surface area contributed by atoms with Gasteiger partial charge in [0.25, 0.3) is 0 Å². The molecule has 1 aliphatic carbocycles. The smallest absolute Gasteiger partial charge is 0.226 e. The molecule has 1 aliphatic heterocycles. The Morgan fingerprint density at radius 2 is 2.17 bits per heavy atom. The SMILES string of the molecule is O=C([C@@H]1C[C@H]1c1ccccc1F)N1CCC[C@@H]1Cn1cccn1. The van der Waals surface area contributed by atoms with E-state index in [-0.39, 0.29) is 29.6 Å². The average molecular weight is 313 g/mol. The van der Waals surface area contributed by atoms with E-state index in [4.69, 9.17) is 0 Å². The van der Waals surface area contributed by atoms with Crippen LogP contribution in [0.2, 0.25) is 0 Å². The number of benzene rings is 1. The molecule has 1 aromatic carbocycles. The van der Waals surface area contributed by atoms with E-state index in [0.717, 1.165) is 32.4 Å². The molecule has 2 fully saturated rings. The molecule has 0 unspecified atom stereocenters. The molecule has 2 aliphatic rings. The zero-order chi connectivity index (χ0) is 15.8. The predicted molar refractivity (Wildman–Crippen MR) is 84.2 cm³/mol. The highest BCUT2D eigenvalue weighted by Crippen LogP contribution is 2.49. The summed E-state index contributed by atoms with van der Waals surface area (Å²) in [6.45, 7) is 1.56. The molecular formula is C18H20FN3O. The van der Waals surface area contributed by atoms with Crippen LogP contribution in [0.4, 0.5) is 4.39 Å².